The third kappa shape index (κ3) is 4.51. The zero-order valence-corrected chi connectivity index (χ0v) is 19.7. The molecule has 5 rings (SSSR count). The number of ether oxygens (including phenoxy) is 2. The molecular weight excluding hydrogens is 416 g/mol. The number of nitrogens with zero attached hydrogens (tertiary/aromatic N) is 3. The third-order valence-electron chi connectivity index (χ3n) is 7.52. The van der Waals surface area contributed by atoms with Crippen LogP contribution >= 0.6 is 0 Å². The van der Waals surface area contributed by atoms with E-state index >= 15 is 0 Å². The Morgan fingerprint density at radius 3 is 2.55 bits per heavy atom. The maximum atomic E-state index is 12.9. The molecule has 2 aromatic rings. The predicted octanol–water partition coefficient (Wildman–Crippen LogP) is 3.73. The van der Waals surface area contributed by atoms with Crippen molar-refractivity contribution in [2.24, 2.45) is 5.41 Å². The highest BCUT2D eigenvalue weighted by atomic mass is 16.6. The molecule has 1 spiro atoms. The lowest BCUT2D eigenvalue weighted by Gasteiger charge is -2.47. The second kappa shape index (κ2) is 8.52. The molecule has 0 unspecified atom stereocenters. The van der Waals surface area contributed by atoms with Gasteiger partial charge in [0.15, 0.2) is 11.5 Å². The SMILES string of the molecule is CC1(C)COc2c(CN3CCC4(CC3)CCN(C(=O)c3ccncc3N)CC4)cccc2O1. The molecule has 1 aromatic heterocycles. The van der Waals surface area contributed by atoms with Crippen LogP contribution in [-0.2, 0) is 6.54 Å². The number of nitrogen functional groups attached to an aromatic ring is 1. The molecule has 4 heterocycles. The maximum absolute atomic E-state index is 12.9. The van der Waals surface area contributed by atoms with Crippen molar-refractivity contribution in [3.63, 3.8) is 0 Å². The van der Waals surface area contributed by atoms with E-state index in [4.69, 9.17) is 15.2 Å². The highest BCUT2D eigenvalue weighted by Crippen LogP contribution is 2.43. The summed E-state index contributed by atoms with van der Waals surface area (Å²) in [4.78, 5) is 21.4. The number of hydrogen-bond donors (Lipinski definition) is 1. The molecule has 2 saturated heterocycles. The predicted molar refractivity (Wildman–Crippen MR) is 127 cm³/mol. The summed E-state index contributed by atoms with van der Waals surface area (Å²) in [5.74, 6) is 1.78. The van der Waals surface area contributed by atoms with E-state index in [1.54, 1.807) is 18.5 Å². The van der Waals surface area contributed by atoms with Gasteiger partial charge in [-0.1, -0.05) is 12.1 Å². The summed E-state index contributed by atoms with van der Waals surface area (Å²) in [5, 5.41) is 0. The van der Waals surface area contributed by atoms with Gasteiger partial charge >= 0.3 is 0 Å². The van der Waals surface area contributed by atoms with Crippen molar-refractivity contribution < 1.29 is 14.3 Å². The number of carbonyl (C=O) groups is 1. The van der Waals surface area contributed by atoms with Gasteiger partial charge in [-0.15, -0.1) is 0 Å². The molecule has 7 heteroatoms. The lowest BCUT2D eigenvalue weighted by Crippen LogP contribution is -2.48. The van der Waals surface area contributed by atoms with Crippen molar-refractivity contribution in [2.45, 2.75) is 51.7 Å². The first kappa shape index (κ1) is 22.0. The summed E-state index contributed by atoms with van der Waals surface area (Å²) in [5.41, 5.74) is 8.25. The van der Waals surface area contributed by atoms with Gasteiger partial charge in [0.05, 0.1) is 17.4 Å². The van der Waals surface area contributed by atoms with Crippen LogP contribution in [0.3, 0.4) is 0 Å². The minimum Gasteiger partial charge on any atom is -0.485 e. The van der Waals surface area contributed by atoms with Gasteiger partial charge in [0.1, 0.15) is 12.2 Å². The summed E-state index contributed by atoms with van der Waals surface area (Å²) in [7, 11) is 0. The van der Waals surface area contributed by atoms with E-state index in [0.29, 0.717) is 23.3 Å². The Bertz CT molecular complexity index is 1020. The molecule has 1 aromatic carbocycles. The number of rotatable bonds is 3. The Labute approximate surface area is 195 Å². The van der Waals surface area contributed by atoms with Crippen LogP contribution in [-0.4, -0.2) is 59.1 Å². The van der Waals surface area contributed by atoms with E-state index in [2.05, 4.69) is 35.9 Å². The monoisotopic (exact) mass is 450 g/mol. The average molecular weight is 451 g/mol. The fourth-order valence-electron chi connectivity index (χ4n) is 5.39. The Kier molecular flexibility index (Phi) is 5.69. The normalized spacial score (nSPS) is 21.7. The molecule has 2 fully saturated rings. The lowest BCUT2D eigenvalue weighted by atomic mass is 9.71. The largest absolute Gasteiger partial charge is 0.485 e. The highest BCUT2D eigenvalue weighted by Gasteiger charge is 2.39. The van der Waals surface area contributed by atoms with E-state index < -0.39 is 0 Å². The van der Waals surface area contributed by atoms with Gasteiger partial charge in [-0.05, 0) is 70.2 Å². The van der Waals surface area contributed by atoms with E-state index in [0.717, 1.165) is 57.1 Å². The number of anilines is 1. The van der Waals surface area contributed by atoms with Crippen molar-refractivity contribution in [1.29, 1.82) is 0 Å². The summed E-state index contributed by atoms with van der Waals surface area (Å²) in [6.07, 6.45) is 7.65. The van der Waals surface area contributed by atoms with Gasteiger partial charge in [-0.3, -0.25) is 14.7 Å². The second-order valence-corrected chi connectivity index (χ2v) is 10.4. The number of piperidine rings is 2. The summed E-state index contributed by atoms with van der Waals surface area (Å²) in [6, 6.07) is 7.94. The Morgan fingerprint density at radius 2 is 1.82 bits per heavy atom. The number of carbonyl (C=O) groups excluding carboxylic acids is 1. The van der Waals surface area contributed by atoms with Crippen molar-refractivity contribution in [1.82, 2.24) is 14.8 Å². The molecule has 1 amide bonds. The number of pyridine rings is 1. The van der Waals surface area contributed by atoms with E-state index in [1.165, 1.54) is 18.4 Å². The van der Waals surface area contributed by atoms with Crippen LogP contribution in [0.4, 0.5) is 5.69 Å². The van der Waals surface area contributed by atoms with Crippen molar-refractivity contribution in [2.75, 3.05) is 38.5 Å². The Morgan fingerprint density at radius 1 is 1.09 bits per heavy atom. The molecular formula is C26H34N4O3. The summed E-state index contributed by atoms with van der Waals surface area (Å²) in [6.45, 7) is 9.30. The third-order valence-corrected chi connectivity index (χ3v) is 7.52. The second-order valence-electron chi connectivity index (χ2n) is 10.4. The number of likely N-dealkylation sites (tertiary alicyclic amines) is 2. The lowest BCUT2D eigenvalue weighted by molar-refractivity contribution is 0.0173. The molecule has 0 saturated carbocycles. The first-order chi connectivity index (χ1) is 15.8. The van der Waals surface area contributed by atoms with E-state index in [1.807, 2.05) is 11.0 Å². The molecule has 33 heavy (non-hydrogen) atoms. The number of hydrogen-bond acceptors (Lipinski definition) is 6. The van der Waals surface area contributed by atoms with Gasteiger partial charge in [0, 0.05) is 31.4 Å². The summed E-state index contributed by atoms with van der Waals surface area (Å²) >= 11 is 0. The number of aromatic nitrogens is 1. The first-order valence-electron chi connectivity index (χ1n) is 12.0. The number of benzene rings is 1. The minimum absolute atomic E-state index is 0.0291. The van der Waals surface area contributed by atoms with Crippen LogP contribution in [0, 0.1) is 5.41 Å². The first-order valence-corrected chi connectivity index (χ1v) is 12.0. The molecule has 3 aliphatic rings. The van der Waals surface area contributed by atoms with Gasteiger partial charge in [0.2, 0.25) is 0 Å². The molecule has 176 valence electrons. The van der Waals surface area contributed by atoms with Crippen molar-refractivity contribution >= 4 is 11.6 Å². The van der Waals surface area contributed by atoms with Crippen LogP contribution < -0.4 is 15.2 Å². The van der Waals surface area contributed by atoms with Crippen LogP contribution in [0.5, 0.6) is 11.5 Å². The zero-order chi connectivity index (χ0) is 23.1. The molecule has 0 bridgehead atoms. The van der Waals surface area contributed by atoms with Gasteiger partial charge in [-0.2, -0.15) is 0 Å². The summed E-state index contributed by atoms with van der Waals surface area (Å²) < 4.78 is 12.2. The standard InChI is InChI=1S/C26H34N4O3/c1-25(2)18-32-23-19(4-3-5-22(23)33-25)17-29-12-7-26(8-13-29)9-14-30(15-10-26)24(31)20-6-11-28-16-21(20)27/h3-6,11,16H,7-10,12-15,17-18,27H2,1-2H3. The van der Waals surface area contributed by atoms with Gasteiger partial charge in [0.25, 0.3) is 5.91 Å². The van der Waals surface area contributed by atoms with E-state index in [9.17, 15) is 4.79 Å². The maximum Gasteiger partial charge on any atom is 0.256 e. The number of fused-ring (bicyclic) bond motifs is 1. The van der Waals surface area contributed by atoms with Crippen LogP contribution in [0.15, 0.2) is 36.7 Å². The molecule has 0 radical (unpaired) electrons. The Balaban J connectivity index is 1.17. The van der Waals surface area contributed by atoms with Crippen molar-refractivity contribution in [3.8, 4) is 11.5 Å². The fourth-order valence-corrected chi connectivity index (χ4v) is 5.39. The van der Waals surface area contributed by atoms with Crippen molar-refractivity contribution in [3.05, 3.63) is 47.8 Å². The minimum atomic E-state index is -0.289. The highest BCUT2D eigenvalue weighted by molar-refractivity contribution is 5.98. The number of para-hydroxylation sites is 1. The molecule has 7 nitrogen and oxygen atoms in total. The molecule has 0 aliphatic carbocycles. The average Bonchev–Trinajstić information content (AvgIpc) is 2.80. The smallest absolute Gasteiger partial charge is 0.256 e. The van der Waals surface area contributed by atoms with E-state index in [-0.39, 0.29) is 11.5 Å². The Hall–Kier alpha value is -2.80. The van der Waals surface area contributed by atoms with Crippen LogP contribution in [0.1, 0.15) is 55.5 Å². The van der Waals surface area contributed by atoms with Crippen LogP contribution in [0.25, 0.3) is 0 Å². The number of amides is 1. The van der Waals surface area contributed by atoms with Gasteiger partial charge < -0.3 is 20.1 Å². The molecule has 2 N–H and O–H groups in total. The van der Waals surface area contributed by atoms with Gasteiger partial charge in [-0.25, -0.2) is 0 Å². The number of nitrogens with two attached hydrogens (primary N) is 1. The molecule has 0 atom stereocenters. The van der Waals surface area contributed by atoms with Crippen LogP contribution in [0.2, 0.25) is 0 Å². The topological polar surface area (TPSA) is 80.9 Å². The molecule has 3 aliphatic heterocycles. The zero-order valence-electron chi connectivity index (χ0n) is 19.7. The quantitative estimate of drug-likeness (QED) is 0.767. The fraction of sp³-hybridized carbons (Fsp3) is 0.538.